The van der Waals surface area contributed by atoms with Gasteiger partial charge in [0.25, 0.3) is 0 Å². The summed E-state index contributed by atoms with van der Waals surface area (Å²) in [5, 5.41) is 9.06. The molecule has 0 saturated carbocycles. The van der Waals surface area contributed by atoms with Gasteiger partial charge < -0.3 is 19.4 Å². The van der Waals surface area contributed by atoms with Gasteiger partial charge in [-0.25, -0.2) is 0 Å². The molecule has 1 aromatic carbocycles. The summed E-state index contributed by atoms with van der Waals surface area (Å²) < 4.78 is 5.78. The number of hydrogen-bond donors (Lipinski definition) is 0. The monoisotopic (exact) mass is 464 g/mol. The molecule has 1 unspecified atom stereocenters. The fourth-order valence-corrected chi connectivity index (χ4v) is 5.18. The van der Waals surface area contributed by atoms with Crippen molar-refractivity contribution in [2.75, 3.05) is 75.3 Å². The first kappa shape index (κ1) is 23.1. The maximum Gasteiger partial charge on any atom is 0.227 e. The lowest BCUT2D eigenvalue weighted by atomic mass is 10.1. The van der Waals surface area contributed by atoms with E-state index in [4.69, 9.17) is 4.74 Å². The molecule has 1 amide bonds. The molecule has 0 bridgehead atoms. The molecule has 3 fully saturated rings. The van der Waals surface area contributed by atoms with Gasteiger partial charge in [-0.15, -0.1) is 10.2 Å². The molecule has 0 N–H and O–H groups in total. The van der Waals surface area contributed by atoms with Crippen LogP contribution in [0.15, 0.2) is 36.4 Å². The number of aryl methyl sites for hydroxylation is 1. The SMILES string of the molecule is Cc1cccc(CC(=O)N2CCN(c3ccc(N4CCN(CC5CCCO5)CC4)nn3)CC2)c1. The minimum atomic E-state index is 0.199. The second-order valence-corrected chi connectivity index (χ2v) is 9.71. The molecule has 1 atom stereocenters. The van der Waals surface area contributed by atoms with E-state index in [1.54, 1.807) is 0 Å². The summed E-state index contributed by atoms with van der Waals surface area (Å²) in [5.41, 5.74) is 2.28. The van der Waals surface area contributed by atoms with Crippen LogP contribution in [0.5, 0.6) is 0 Å². The van der Waals surface area contributed by atoms with Gasteiger partial charge in [-0.1, -0.05) is 29.8 Å². The highest BCUT2D eigenvalue weighted by molar-refractivity contribution is 5.79. The van der Waals surface area contributed by atoms with Crippen LogP contribution >= 0.6 is 0 Å². The van der Waals surface area contributed by atoms with Gasteiger partial charge in [0.05, 0.1) is 12.5 Å². The maximum absolute atomic E-state index is 12.7. The van der Waals surface area contributed by atoms with Crippen molar-refractivity contribution in [3.8, 4) is 0 Å². The number of benzene rings is 1. The van der Waals surface area contributed by atoms with Crippen LogP contribution in [-0.2, 0) is 16.0 Å². The number of rotatable bonds is 6. The third-order valence-electron chi connectivity index (χ3n) is 7.21. The molecule has 3 aliphatic rings. The summed E-state index contributed by atoms with van der Waals surface area (Å²) >= 11 is 0. The third kappa shape index (κ3) is 5.67. The molecule has 0 aliphatic carbocycles. The number of ether oxygens (including phenoxy) is 1. The number of nitrogens with zero attached hydrogens (tertiary/aromatic N) is 6. The molecular formula is C26H36N6O2. The van der Waals surface area contributed by atoms with Crippen LogP contribution in [0.3, 0.4) is 0 Å². The lowest BCUT2D eigenvalue weighted by Gasteiger charge is -2.37. The van der Waals surface area contributed by atoms with Crippen LogP contribution in [-0.4, -0.2) is 97.5 Å². The second kappa shape index (κ2) is 10.7. The summed E-state index contributed by atoms with van der Waals surface area (Å²) in [5.74, 6) is 2.05. The number of carbonyl (C=O) groups excluding carboxylic acids is 1. The van der Waals surface area contributed by atoms with Crippen molar-refractivity contribution in [2.45, 2.75) is 32.3 Å². The number of amides is 1. The van der Waals surface area contributed by atoms with Gasteiger partial charge in [0.2, 0.25) is 5.91 Å². The Bertz CT molecular complexity index is 946. The molecule has 3 aliphatic heterocycles. The Balaban J connectivity index is 1.08. The van der Waals surface area contributed by atoms with E-state index >= 15 is 0 Å². The van der Waals surface area contributed by atoms with Crippen molar-refractivity contribution in [3.63, 3.8) is 0 Å². The molecule has 5 rings (SSSR count). The van der Waals surface area contributed by atoms with E-state index in [0.29, 0.717) is 12.5 Å². The van der Waals surface area contributed by atoms with Gasteiger partial charge in [-0.3, -0.25) is 9.69 Å². The third-order valence-corrected chi connectivity index (χ3v) is 7.21. The molecule has 4 heterocycles. The molecule has 0 spiro atoms. The zero-order chi connectivity index (χ0) is 23.3. The normalized spacial score (nSPS) is 21.8. The minimum Gasteiger partial charge on any atom is -0.377 e. The predicted octanol–water partition coefficient (Wildman–Crippen LogP) is 1.98. The molecule has 1 aromatic heterocycles. The van der Waals surface area contributed by atoms with Gasteiger partial charge in [-0.05, 0) is 37.5 Å². The van der Waals surface area contributed by atoms with E-state index in [0.717, 1.165) is 82.7 Å². The standard InChI is InChI=1S/C26H36N6O2/c1-21-4-2-5-22(18-21)19-26(33)32-15-13-31(14-16-32)25-8-7-24(27-28-25)30-11-9-29(10-12-30)20-23-6-3-17-34-23/h2,4-5,7-8,18,23H,3,6,9-17,19-20H2,1H3. The van der Waals surface area contributed by atoms with Crippen molar-refractivity contribution in [2.24, 2.45) is 0 Å². The molecule has 8 heteroatoms. The van der Waals surface area contributed by atoms with Crippen molar-refractivity contribution in [1.29, 1.82) is 0 Å². The van der Waals surface area contributed by atoms with Crippen LogP contribution in [0.2, 0.25) is 0 Å². The highest BCUT2D eigenvalue weighted by atomic mass is 16.5. The van der Waals surface area contributed by atoms with Crippen LogP contribution in [0.25, 0.3) is 0 Å². The van der Waals surface area contributed by atoms with Crippen molar-refractivity contribution >= 4 is 17.5 Å². The average molecular weight is 465 g/mol. The van der Waals surface area contributed by atoms with Crippen LogP contribution in [0.1, 0.15) is 24.0 Å². The topological polar surface area (TPSA) is 65.0 Å². The maximum atomic E-state index is 12.7. The van der Waals surface area contributed by atoms with E-state index in [9.17, 15) is 4.79 Å². The molecule has 182 valence electrons. The van der Waals surface area contributed by atoms with Gasteiger partial charge in [-0.2, -0.15) is 0 Å². The molecule has 3 saturated heterocycles. The van der Waals surface area contributed by atoms with Crippen LogP contribution in [0.4, 0.5) is 11.6 Å². The quantitative estimate of drug-likeness (QED) is 0.648. The lowest BCUT2D eigenvalue weighted by Crippen LogP contribution is -2.49. The van der Waals surface area contributed by atoms with Gasteiger partial charge in [0.15, 0.2) is 11.6 Å². The number of anilines is 2. The van der Waals surface area contributed by atoms with Crippen molar-refractivity contribution < 1.29 is 9.53 Å². The molecule has 8 nitrogen and oxygen atoms in total. The number of aromatic nitrogens is 2. The fraction of sp³-hybridized carbons (Fsp3) is 0.577. The summed E-state index contributed by atoms with van der Waals surface area (Å²) in [7, 11) is 0. The minimum absolute atomic E-state index is 0.199. The van der Waals surface area contributed by atoms with Crippen LogP contribution in [0, 0.1) is 6.92 Å². The summed E-state index contributed by atoms with van der Waals surface area (Å²) in [6.07, 6.45) is 3.29. The molecular weight excluding hydrogens is 428 g/mol. The molecule has 2 aromatic rings. The highest BCUT2D eigenvalue weighted by Crippen LogP contribution is 2.20. The number of hydrogen-bond acceptors (Lipinski definition) is 7. The van der Waals surface area contributed by atoms with E-state index in [2.05, 4.69) is 56.1 Å². The summed E-state index contributed by atoms with van der Waals surface area (Å²) in [6.45, 7) is 11.1. The van der Waals surface area contributed by atoms with E-state index in [1.807, 2.05) is 17.0 Å². The fourth-order valence-electron chi connectivity index (χ4n) is 5.18. The Morgan fingerprint density at radius 1 is 0.941 bits per heavy atom. The van der Waals surface area contributed by atoms with Gasteiger partial charge in [0, 0.05) is 65.5 Å². The van der Waals surface area contributed by atoms with Gasteiger partial charge >= 0.3 is 0 Å². The Morgan fingerprint density at radius 2 is 1.62 bits per heavy atom. The summed E-state index contributed by atoms with van der Waals surface area (Å²) in [6, 6.07) is 12.4. The predicted molar refractivity (Wildman–Crippen MR) is 133 cm³/mol. The van der Waals surface area contributed by atoms with Crippen LogP contribution < -0.4 is 9.80 Å². The first-order valence-electron chi connectivity index (χ1n) is 12.6. The Labute approximate surface area is 202 Å². The first-order valence-corrected chi connectivity index (χ1v) is 12.6. The van der Waals surface area contributed by atoms with E-state index in [-0.39, 0.29) is 5.91 Å². The second-order valence-electron chi connectivity index (χ2n) is 9.71. The van der Waals surface area contributed by atoms with Crippen molar-refractivity contribution in [3.05, 3.63) is 47.5 Å². The zero-order valence-electron chi connectivity index (χ0n) is 20.2. The average Bonchev–Trinajstić information content (AvgIpc) is 3.38. The van der Waals surface area contributed by atoms with E-state index < -0.39 is 0 Å². The number of piperazine rings is 2. The Kier molecular flexibility index (Phi) is 7.25. The highest BCUT2D eigenvalue weighted by Gasteiger charge is 2.25. The number of carbonyl (C=O) groups is 1. The molecule has 0 radical (unpaired) electrons. The lowest BCUT2D eigenvalue weighted by molar-refractivity contribution is -0.130. The van der Waals surface area contributed by atoms with Crippen molar-refractivity contribution in [1.82, 2.24) is 20.0 Å². The smallest absolute Gasteiger partial charge is 0.227 e. The van der Waals surface area contributed by atoms with E-state index in [1.165, 1.54) is 18.4 Å². The first-order chi connectivity index (χ1) is 16.6. The largest absolute Gasteiger partial charge is 0.377 e. The zero-order valence-corrected chi connectivity index (χ0v) is 20.2. The van der Waals surface area contributed by atoms with Gasteiger partial charge in [0.1, 0.15) is 0 Å². The Hall–Kier alpha value is -2.71. The summed E-state index contributed by atoms with van der Waals surface area (Å²) in [4.78, 5) is 21.8. The Morgan fingerprint density at radius 3 is 2.21 bits per heavy atom. The molecule has 34 heavy (non-hydrogen) atoms.